The third-order valence-corrected chi connectivity index (χ3v) is 3.15. The zero-order chi connectivity index (χ0) is 10.6. The number of aliphatic hydroxyl groups is 1. The molecule has 0 spiro atoms. The van der Waals surface area contributed by atoms with Gasteiger partial charge in [0.15, 0.2) is 0 Å². The van der Waals surface area contributed by atoms with Crippen molar-refractivity contribution in [2.45, 2.75) is 51.1 Å². The molecule has 1 heterocycles. The first-order valence-electron chi connectivity index (χ1n) is 5.73. The average molecular weight is 200 g/mol. The number of rotatable bonds is 4. The van der Waals surface area contributed by atoms with E-state index in [4.69, 9.17) is 10.8 Å². The van der Waals surface area contributed by atoms with Crippen molar-refractivity contribution in [1.29, 1.82) is 0 Å². The Hall–Kier alpha value is -0.120. The highest BCUT2D eigenvalue weighted by molar-refractivity contribution is 4.86. The molecule has 2 unspecified atom stereocenters. The zero-order valence-electron chi connectivity index (χ0n) is 9.50. The molecule has 0 aromatic carbocycles. The minimum atomic E-state index is -0.440. The summed E-state index contributed by atoms with van der Waals surface area (Å²) in [6, 6.07) is 0.679. The van der Waals surface area contributed by atoms with Crippen LogP contribution in [0.5, 0.6) is 0 Å². The molecular formula is C11H24N2O. The predicted octanol–water partition coefficient (Wildman–Crippen LogP) is 0.961. The first-order valence-corrected chi connectivity index (χ1v) is 5.73. The maximum absolute atomic E-state index is 9.13. The maximum atomic E-state index is 9.13. The van der Waals surface area contributed by atoms with Gasteiger partial charge in [-0.25, -0.2) is 0 Å². The topological polar surface area (TPSA) is 49.5 Å². The third kappa shape index (κ3) is 3.23. The number of hydrogen-bond donors (Lipinski definition) is 2. The zero-order valence-corrected chi connectivity index (χ0v) is 9.50. The maximum Gasteiger partial charge on any atom is 0.0621 e. The van der Waals surface area contributed by atoms with E-state index >= 15 is 0 Å². The number of nitrogens with two attached hydrogens (primary N) is 1. The van der Waals surface area contributed by atoms with Crippen LogP contribution in [-0.2, 0) is 0 Å². The molecule has 3 heteroatoms. The molecule has 1 fully saturated rings. The van der Waals surface area contributed by atoms with Crippen LogP contribution in [0.3, 0.4) is 0 Å². The lowest BCUT2D eigenvalue weighted by atomic mass is 9.96. The Morgan fingerprint density at radius 1 is 1.50 bits per heavy atom. The molecule has 0 radical (unpaired) electrons. The monoisotopic (exact) mass is 200 g/mol. The lowest BCUT2D eigenvalue weighted by Gasteiger charge is -2.39. The van der Waals surface area contributed by atoms with Crippen LogP contribution in [0.25, 0.3) is 0 Å². The molecule has 84 valence electrons. The summed E-state index contributed by atoms with van der Waals surface area (Å²) in [4.78, 5) is 2.44. The van der Waals surface area contributed by atoms with Gasteiger partial charge >= 0.3 is 0 Å². The highest BCUT2D eigenvalue weighted by Crippen LogP contribution is 2.20. The third-order valence-electron chi connectivity index (χ3n) is 3.15. The van der Waals surface area contributed by atoms with Gasteiger partial charge < -0.3 is 10.8 Å². The van der Waals surface area contributed by atoms with Crippen LogP contribution in [0.4, 0.5) is 0 Å². The van der Waals surface area contributed by atoms with Gasteiger partial charge in [-0.1, -0.05) is 13.3 Å². The summed E-state index contributed by atoms with van der Waals surface area (Å²) in [6.07, 6.45) is 5.10. The van der Waals surface area contributed by atoms with E-state index in [0.29, 0.717) is 6.04 Å². The summed E-state index contributed by atoms with van der Waals surface area (Å²) < 4.78 is 0. The molecule has 0 aromatic rings. The van der Waals surface area contributed by atoms with Gasteiger partial charge in [-0.2, -0.15) is 0 Å². The summed E-state index contributed by atoms with van der Waals surface area (Å²) in [6.45, 7) is 6.19. The van der Waals surface area contributed by atoms with E-state index < -0.39 is 5.54 Å². The van der Waals surface area contributed by atoms with Crippen LogP contribution >= 0.6 is 0 Å². The molecule has 1 rings (SSSR count). The van der Waals surface area contributed by atoms with Gasteiger partial charge in [0, 0.05) is 18.1 Å². The van der Waals surface area contributed by atoms with Gasteiger partial charge in [0.25, 0.3) is 0 Å². The van der Waals surface area contributed by atoms with Crippen molar-refractivity contribution in [3.63, 3.8) is 0 Å². The second-order valence-electron chi connectivity index (χ2n) is 4.84. The summed E-state index contributed by atoms with van der Waals surface area (Å²) >= 11 is 0. The largest absolute Gasteiger partial charge is 0.394 e. The lowest BCUT2D eigenvalue weighted by molar-refractivity contribution is 0.0897. The number of piperidine rings is 1. The van der Waals surface area contributed by atoms with Gasteiger partial charge in [0.05, 0.1) is 6.61 Å². The number of aliphatic hydroxyl groups excluding tert-OH is 1. The Labute approximate surface area is 87.3 Å². The predicted molar refractivity (Wildman–Crippen MR) is 59.2 cm³/mol. The Kier molecular flexibility index (Phi) is 4.35. The van der Waals surface area contributed by atoms with E-state index in [1.165, 1.54) is 25.7 Å². The fourth-order valence-corrected chi connectivity index (χ4v) is 2.24. The van der Waals surface area contributed by atoms with E-state index in [1.807, 2.05) is 6.92 Å². The SMILES string of the molecule is CCC1CCCCN1CC(C)(N)CO. The van der Waals surface area contributed by atoms with Crippen molar-refractivity contribution in [3.05, 3.63) is 0 Å². The van der Waals surface area contributed by atoms with Crippen LogP contribution in [0.15, 0.2) is 0 Å². The number of hydrogen-bond acceptors (Lipinski definition) is 3. The molecule has 0 bridgehead atoms. The van der Waals surface area contributed by atoms with Crippen molar-refractivity contribution < 1.29 is 5.11 Å². The minimum Gasteiger partial charge on any atom is -0.394 e. The van der Waals surface area contributed by atoms with Gasteiger partial charge in [0.1, 0.15) is 0 Å². The van der Waals surface area contributed by atoms with Crippen LogP contribution in [0.1, 0.15) is 39.5 Å². The molecule has 1 aliphatic rings. The van der Waals surface area contributed by atoms with E-state index in [1.54, 1.807) is 0 Å². The van der Waals surface area contributed by atoms with Gasteiger partial charge in [0.2, 0.25) is 0 Å². The molecule has 2 atom stereocenters. The molecular weight excluding hydrogens is 176 g/mol. The van der Waals surface area contributed by atoms with Crippen molar-refractivity contribution >= 4 is 0 Å². The van der Waals surface area contributed by atoms with E-state index in [0.717, 1.165) is 13.1 Å². The van der Waals surface area contributed by atoms with Gasteiger partial charge in [-0.05, 0) is 32.7 Å². The normalized spacial score (nSPS) is 28.7. The Morgan fingerprint density at radius 3 is 2.79 bits per heavy atom. The van der Waals surface area contributed by atoms with Crippen molar-refractivity contribution in [1.82, 2.24) is 4.90 Å². The van der Waals surface area contributed by atoms with E-state index in [9.17, 15) is 0 Å². The van der Waals surface area contributed by atoms with E-state index in [2.05, 4.69) is 11.8 Å². The molecule has 3 N–H and O–H groups in total. The van der Waals surface area contributed by atoms with Gasteiger partial charge in [-0.15, -0.1) is 0 Å². The van der Waals surface area contributed by atoms with Crippen molar-refractivity contribution in [2.75, 3.05) is 19.7 Å². The average Bonchev–Trinajstić information content (AvgIpc) is 2.18. The highest BCUT2D eigenvalue weighted by atomic mass is 16.3. The van der Waals surface area contributed by atoms with Crippen LogP contribution in [-0.4, -0.2) is 41.3 Å². The highest BCUT2D eigenvalue weighted by Gasteiger charge is 2.27. The molecule has 0 amide bonds. The van der Waals surface area contributed by atoms with Gasteiger partial charge in [-0.3, -0.25) is 4.90 Å². The number of likely N-dealkylation sites (tertiary alicyclic amines) is 1. The molecule has 1 aliphatic heterocycles. The molecule has 14 heavy (non-hydrogen) atoms. The van der Waals surface area contributed by atoms with Crippen LogP contribution in [0, 0.1) is 0 Å². The quantitative estimate of drug-likeness (QED) is 0.710. The smallest absolute Gasteiger partial charge is 0.0621 e. The molecule has 3 nitrogen and oxygen atoms in total. The van der Waals surface area contributed by atoms with Crippen LogP contribution in [0.2, 0.25) is 0 Å². The fourth-order valence-electron chi connectivity index (χ4n) is 2.24. The Balaban J connectivity index is 2.48. The minimum absolute atomic E-state index is 0.0694. The molecule has 1 saturated heterocycles. The lowest BCUT2D eigenvalue weighted by Crippen LogP contribution is -2.54. The fraction of sp³-hybridized carbons (Fsp3) is 1.00. The second kappa shape index (κ2) is 5.10. The summed E-state index contributed by atoms with van der Waals surface area (Å²) in [5, 5.41) is 9.13. The summed E-state index contributed by atoms with van der Waals surface area (Å²) in [5.41, 5.74) is 5.53. The number of nitrogens with zero attached hydrogens (tertiary/aromatic N) is 1. The summed E-state index contributed by atoms with van der Waals surface area (Å²) in [5.74, 6) is 0. The Bertz CT molecular complexity index is 171. The first kappa shape index (κ1) is 12.0. The van der Waals surface area contributed by atoms with E-state index in [-0.39, 0.29) is 6.61 Å². The van der Waals surface area contributed by atoms with Crippen molar-refractivity contribution in [2.24, 2.45) is 5.73 Å². The molecule has 0 aliphatic carbocycles. The first-order chi connectivity index (χ1) is 6.59. The summed E-state index contributed by atoms with van der Waals surface area (Å²) in [7, 11) is 0. The molecule has 0 saturated carbocycles. The second-order valence-corrected chi connectivity index (χ2v) is 4.84. The van der Waals surface area contributed by atoms with Crippen LogP contribution < -0.4 is 5.73 Å². The van der Waals surface area contributed by atoms with Crippen molar-refractivity contribution in [3.8, 4) is 0 Å². The standard InChI is InChI=1S/C11H24N2O/c1-3-10-6-4-5-7-13(10)8-11(2,12)9-14/h10,14H,3-9,12H2,1-2H3. The molecule has 0 aromatic heterocycles. The Morgan fingerprint density at radius 2 is 2.21 bits per heavy atom.